The van der Waals surface area contributed by atoms with Crippen LogP contribution in [0, 0.1) is 5.41 Å². The Bertz CT molecular complexity index is 581. The molecule has 1 aliphatic rings. The van der Waals surface area contributed by atoms with Crippen LogP contribution in [0.15, 0.2) is 6.20 Å². The summed E-state index contributed by atoms with van der Waals surface area (Å²) in [6.07, 6.45) is 1.82. The molecule has 7 heteroatoms. The summed E-state index contributed by atoms with van der Waals surface area (Å²) in [5.41, 5.74) is 0.380. The Morgan fingerprint density at radius 3 is 2.61 bits per heavy atom. The van der Waals surface area contributed by atoms with Crippen LogP contribution in [0.1, 0.15) is 65.0 Å². The lowest BCUT2D eigenvalue weighted by Gasteiger charge is -2.47. The van der Waals surface area contributed by atoms with Crippen molar-refractivity contribution in [3.05, 3.63) is 11.9 Å². The van der Waals surface area contributed by atoms with Gasteiger partial charge in [0.2, 0.25) is 0 Å². The fourth-order valence-electron chi connectivity index (χ4n) is 2.27. The number of ether oxygens (including phenoxy) is 1. The van der Waals surface area contributed by atoms with E-state index in [-0.39, 0.29) is 22.8 Å². The van der Waals surface area contributed by atoms with Gasteiger partial charge in [0.1, 0.15) is 0 Å². The highest BCUT2D eigenvalue weighted by molar-refractivity contribution is 6.63. The molecule has 0 amide bonds. The van der Waals surface area contributed by atoms with Gasteiger partial charge in [-0.25, -0.2) is 4.79 Å². The van der Waals surface area contributed by atoms with Crippen molar-refractivity contribution in [1.29, 1.82) is 0 Å². The molecule has 0 bridgehead atoms. The van der Waals surface area contributed by atoms with E-state index in [2.05, 4.69) is 18.9 Å². The second-order valence-corrected chi connectivity index (χ2v) is 7.38. The average Bonchev–Trinajstić information content (AvgIpc) is 2.87. The summed E-state index contributed by atoms with van der Waals surface area (Å²) >= 11 is 0. The zero-order chi connectivity index (χ0) is 17.4. The first-order chi connectivity index (χ1) is 10.6. The molecule has 1 aliphatic heterocycles. The predicted octanol–water partition coefficient (Wildman–Crippen LogP) is 2.19. The molecule has 2 heterocycles. The second kappa shape index (κ2) is 6.28. The molecular weight excluding hydrogens is 295 g/mol. The van der Waals surface area contributed by atoms with E-state index in [9.17, 15) is 4.79 Å². The molecule has 2 rings (SSSR count). The van der Waals surface area contributed by atoms with Crippen LogP contribution >= 0.6 is 0 Å². The molecule has 1 saturated heterocycles. The second-order valence-electron chi connectivity index (χ2n) is 7.38. The quantitative estimate of drug-likeness (QED) is 0.628. The minimum absolute atomic E-state index is 0.123. The van der Waals surface area contributed by atoms with E-state index in [1.54, 1.807) is 11.6 Å². The molecule has 128 valence electrons. The standard InChI is InChI=1S/C16H27BN2O4/c1-8-21-14(20)13-12(9-19(18-13)11(2)3)17-22-10-15(4,5)16(6,7)23-17/h9,11H,8,10H2,1-7H3. The lowest BCUT2D eigenvalue weighted by molar-refractivity contribution is -0.0937. The van der Waals surface area contributed by atoms with Gasteiger partial charge in [-0.15, -0.1) is 0 Å². The highest BCUT2D eigenvalue weighted by Crippen LogP contribution is 2.38. The van der Waals surface area contributed by atoms with Crippen LogP contribution in [0.5, 0.6) is 0 Å². The fourth-order valence-corrected chi connectivity index (χ4v) is 2.27. The molecule has 1 aromatic rings. The maximum Gasteiger partial charge on any atom is 0.498 e. The Labute approximate surface area is 138 Å². The maximum atomic E-state index is 12.2. The third-order valence-electron chi connectivity index (χ3n) is 4.64. The molecule has 0 N–H and O–H groups in total. The molecule has 0 unspecified atom stereocenters. The van der Waals surface area contributed by atoms with E-state index in [1.807, 2.05) is 33.9 Å². The van der Waals surface area contributed by atoms with Gasteiger partial charge in [0.15, 0.2) is 5.69 Å². The predicted molar refractivity (Wildman–Crippen MR) is 88.9 cm³/mol. The molecule has 1 fully saturated rings. The van der Waals surface area contributed by atoms with E-state index in [1.165, 1.54) is 0 Å². The SMILES string of the molecule is CCOC(=O)c1nn(C(C)C)cc1B1OCC(C)(C)C(C)(C)O1. The van der Waals surface area contributed by atoms with Crippen LogP contribution in [0.25, 0.3) is 0 Å². The molecule has 6 nitrogen and oxygen atoms in total. The van der Waals surface area contributed by atoms with Gasteiger partial charge in [0.25, 0.3) is 0 Å². The van der Waals surface area contributed by atoms with Crippen LogP contribution in [0.4, 0.5) is 0 Å². The number of hydrogen-bond acceptors (Lipinski definition) is 5. The lowest BCUT2D eigenvalue weighted by Crippen LogP contribution is -2.58. The van der Waals surface area contributed by atoms with E-state index < -0.39 is 13.1 Å². The Morgan fingerprint density at radius 2 is 2.09 bits per heavy atom. The average molecular weight is 322 g/mol. The minimum Gasteiger partial charge on any atom is -0.461 e. The lowest BCUT2D eigenvalue weighted by atomic mass is 9.69. The third kappa shape index (κ3) is 3.45. The number of nitrogens with zero attached hydrogens (tertiary/aromatic N) is 2. The number of esters is 1. The van der Waals surface area contributed by atoms with Crippen LogP contribution < -0.4 is 5.46 Å². The summed E-state index contributed by atoms with van der Waals surface area (Å²) in [6, 6.07) is 0.130. The van der Waals surface area contributed by atoms with Gasteiger partial charge in [-0.2, -0.15) is 5.10 Å². The van der Waals surface area contributed by atoms with Crippen molar-refractivity contribution in [3.8, 4) is 0 Å². The van der Waals surface area contributed by atoms with Gasteiger partial charge in [0, 0.05) is 29.7 Å². The maximum absolute atomic E-state index is 12.2. The number of hydrogen-bond donors (Lipinski definition) is 0. The van der Waals surface area contributed by atoms with Gasteiger partial charge in [-0.05, 0) is 34.6 Å². The summed E-state index contributed by atoms with van der Waals surface area (Å²) in [5, 5.41) is 4.37. The first-order valence-electron chi connectivity index (χ1n) is 8.14. The van der Waals surface area contributed by atoms with E-state index in [4.69, 9.17) is 14.0 Å². The largest absolute Gasteiger partial charge is 0.498 e. The van der Waals surface area contributed by atoms with Gasteiger partial charge in [0.05, 0.1) is 12.2 Å². The summed E-state index contributed by atoms with van der Waals surface area (Å²) in [6.45, 7) is 14.9. The number of carbonyl (C=O) groups excluding carboxylic acids is 1. The van der Waals surface area contributed by atoms with Gasteiger partial charge >= 0.3 is 13.1 Å². The summed E-state index contributed by atoms with van der Waals surface area (Å²) in [4.78, 5) is 12.2. The highest BCUT2D eigenvalue weighted by Gasteiger charge is 2.48. The van der Waals surface area contributed by atoms with Crippen LogP contribution in [-0.4, -0.2) is 41.7 Å². The number of carbonyl (C=O) groups is 1. The summed E-state index contributed by atoms with van der Waals surface area (Å²) < 4.78 is 18.9. The Balaban J connectivity index is 2.36. The summed E-state index contributed by atoms with van der Waals surface area (Å²) in [7, 11) is -0.620. The molecule has 0 radical (unpaired) electrons. The van der Waals surface area contributed by atoms with Crippen molar-refractivity contribution in [3.63, 3.8) is 0 Å². The first kappa shape index (κ1) is 18.0. The Kier molecular flexibility index (Phi) is 4.92. The molecule has 23 heavy (non-hydrogen) atoms. The zero-order valence-corrected chi connectivity index (χ0v) is 15.2. The number of aromatic nitrogens is 2. The highest BCUT2D eigenvalue weighted by atomic mass is 16.6. The molecule has 0 atom stereocenters. The molecule has 0 aromatic carbocycles. The first-order valence-corrected chi connectivity index (χ1v) is 8.14. The van der Waals surface area contributed by atoms with E-state index >= 15 is 0 Å². The zero-order valence-electron chi connectivity index (χ0n) is 15.2. The van der Waals surface area contributed by atoms with Crippen LogP contribution in [-0.2, 0) is 14.0 Å². The van der Waals surface area contributed by atoms with Crippen molar-refractivity contribution in [2.75, 3.05) is 13.2 Å². The molecule has 0 spiro atoms. The van der Waals surface area contributed by atoms with Crippen LogP contribution in [0.2, 0.25) is 0 Å². The van der Waals surface area contributed by atoms with Crippen molar-refractivity contribution in [2.45, 2.75) is 60.1 Å². The summed E-state index contributed by atoms with van der Waals surface area (Å²) in [5.74, 6) is -0.447. The van der Waals surface area contributed by atoms with Crippen molar-refractivity contribution in [1.82, 2.24) is 9.78 Å². The normalized spacial score (nSPS) is 19.9. The van der Waals surface area contributed by atoms with Crippen molar-refractivity contribution >= 4 is 18.6 Å². The fraction of sp³-hybridized carbons (Fsp3) is 0.750. The van der Waals surface area contributed by atoms with Gasteiger partial charge in [-0.3, -0.25) is 4.68 Å². The van der Waals surface area contributed by atoms with Crippen molar-refractivity contribution < 1.29 is 18.8 Å². The Morgan fingerprint density at radius 1 is 1.43 bits per heavy atom. The van der Waals surface area contributed by atoms with E-state index in [0.717, 1.165) is 0 Å². The molecule has 0 saturated carbocycles. The van der Waals surface area contributed by atoms with Gasteiger partial charge < -0.3 is 14.0 Å². The topological polar surface area (TPSA) is 62.6 Å². The third-order valence-corrected chi connectivity index (χ3v) is 4.64. The minimum atomic E-state index is -0.620. The smallest absolute Gasteiger partial charge is 0.461 e. The molecular formula is C16H27BN2O4. The van der Waals surface area contributed by atoms with Gasteiger partial charge in [-0.1, -0.05) is 13.8 Å². The van der Waals surface area contributed by atoms with Crippen molar-refractivity contribution in [2.24, 2.45) is 5.41 Å². The Hall–Kier alpha value is -1.34. The monoisotopic (exact) mass is 322 g/mol. The molecule has 0 aliphatic carbocycles. The number of rotatable bonds is 4. The van der Waals surface area contributed by atoms with Crippen LogP contribution in [0.3, 0.4) is 0 Å². The van der Waals surface area contributed by atoms with E-state index in [0.29, 0.717) is 18.7 Å². The molecule has 1 aromatic heterocycles.